The van der Waals surface area contributed by atoms with E-state index in [0.29, 0.717) is 11.8 Å². The molecule has 2 aromatic carbocycles. The zero-order valence-electron chi connectivity index (χ0n) is 21.4. The molecule has 0 saturated carbocycles. The van der Waals surface area contributed by atoms with E-state index in [1.165, 1.54) is 17.8 Å². The van der Waals surface area contributed by atoms with Crippen LogP contribution in [0.5, 0.6) is 0 Å². The number of halogens is 4. The lowest BCUT2D eigenvalue weighted by atomic mass is 10.0. The predicted molar refractivity (Wildman–Crippen MR) is 149 cm³/mol. The van der Waals surface area contributed by atoms with Crippen molar-refractivity contribution in [3.05, 3.63) is 53.6 Å². The minimum atomic E-state index is -4.27. The zero-order chi connectivity index (χ0) is 26.7. The average molecular weight is 569 g/mol. The number of nitrogens with one attached hydrogen (secondary N) is 1. The molecule has 208 valence electrons. The molecule has 5 nitrogen and oxygen atoms in total. The quantitative estimate of drug-likeness (QED) is 0.362. The lowest BCUT2D eigenvalue weighted by Gasteiger charge is -2.36. The molecule has 0 spiro atoms. The number of rotatable bonds is 9. The maximum atomic E-state index is 12.5. The van der Waals surface area contributed by atoms with Crippen LogP contribution in [0.2, 0.25) is 5.02 Å². The third kappa shape index (κ3) is 7.50. The van der Waals surface area contributed by atoms with Crippen molar-refractivity contribution in [1.82, 2.24) is 9.80 Å². The number of aliphatic hydroxyl groups is 1. The third-order valence-electron chi connectivity index (χ3n) is 8.10. The molecule has 3 saturated heterocycles. The Hall–Kier alpha value is -1.65. The van der Waals surface area contributed by atoms with Gasteiger partial charge in [0.25, 0.3) is 0 Å². The Bertz CT molecular complexity index is 1020. The number of aliphatic hydroxyl groups excluding tert-OH is 1. The fraction of sp³-hybridized carbons (Fsp3) is 0.571. The molecule has 10 heteroatoms. The molecular formula is C28H36ClF3N4OS. The zero-order valence-corrected chi connectivity index (χ0v) is 23.0. The molecule has 3 aliphatic rings. The summed E-state index contributed by atoms with van der Waals surface area (Å²) in [6.45, 7) is 7.14. The van der Waals surface area contributed by atoms with Crippen molar-refractivity contribution in [2.75, 3.05) is 56.0 Å². The van der Waals surface area contributed by atoms with E-state index in [9.17, 15) is 18.3 Å². The second kappa shape index (κ2) is 12.3. The van der Waals surface area contributed by atoms with Crippen molar-refractivity contribution in [1.29, 1.82) is 0 Å². The van der Waals surface area contributed by atoms with Crippen LogP contribution in [-0.2, 0) is 0 Å². The molecule has 0 aromatic heterocycles. The van der Waals surface area contributed by atoms with Crippen LogP contribution in [0.3, 0.4) is 0 Å². The second-order valence-corrected chi connectivity index (χ2v) is 12.4. The van der Waals surface area contributed by atoms with Gasteiger partial charge < -0.3 is 20.2 Å². The molecule has 3 heterocycles. The number of hydrogen-bond acceptors (Lipinski definition) is 6. The number of thioether (sulfide) groups is 1. The highest BCUT2D eigenvalue weighted by molar-refractivity contribution is 8.00. The summed E-state index contributed by atoms with van der Waals surface area (Å²) >= 11 is 5.94. The number of piperidine rings is 1. The monoisotopic (exact) mass is 568 g/mol. The Morgan fingerprint density at radius 1 is 0.947 bits per heavy atom. The summed E-state index contributed by atoms with van der Waals surface area (Å²) in [6, 6.07) is 14.8. The van der Waals surface area contributed by atoms with E-state index in [1.807, 2.05) is 12.1 Å². The largest absolute Gasteiger partial charge is 0.446 e. The molecule has 3 atom stereocenters. The smallest absolute Gasteiger partial charge is 0.382 e. The van der Waals surface area contributed by atoms with Crippen molar-refractivity contribution >= 4 is 34.7 Å². The predicted octanol–water partition coefficient (Wildman–Crippen LogP) is 6.00. The van der Waals surface area contributed by atoms with E-state index >= 15 is 0 Å². The summed E-state index contributed by atoms with van der Waals surface area (Å²) in [5.74, 6) is 1.42. The van der Waals surface area contributed by atoms with Crippen LogP contribution in [0.15, 0.2) is 53.4 Å². The first-order chi connectivity index (χ1) is 18.2. The number of fused-ring (bicyclic) bond motifs is 1. The van der Waals surface area contributed by atoms with Crippen molar-refractivity contribution < 1.29 is 18.3 Å². The van der Waals surface area contributed by atoms with Crippen molar-refractivity contribution in [3.63, 3.8) is 0 Å². The van der Waals surface area contributed by atoms with Crippen molar-refractivity contribution in [2.45, 2.75) is 48.4 Å². The van der Waals surface area contributed by atoms with Crippen LogP contribution in [0.1, 0.15) is 25.7 Å². The number of anilines is 2. The molecule has 0 amide bonds. The minimum absolute atomic E-state index is 0.0938. The fourth-order valence-electron chi connectivity index (χ4n) is 6.15. The Morgan fingerprint density at radius 3 is 2.18 bits per heavy atom. The SMILES string of the molecule is OC(CCCN1CC2CN(c3ccc(Cl)cc3)CC2C1)N1CCC(Nc2ccc(SC(F)(F)F)cc2)CC1. The molecular weight excluding hydrogens is 533 g/mol. The summed E-state index contributed by atoms with van der Waals surface area (Å²) in [5, 5.41) is 15.0. The van der Waals surface area contributed by atoms with E-state index in [2.05, 4.69) is 32.1 Å². The van der Waals surface area contributed by atoms with E-state index in [0.717, 1.165) is 82.2 Å². The molecule has 3 fully saturated rings. The Morgan fingerprint density at radius 2 is 1.58 bits per heavy atom. The Kier molecular flexibility index (Phi) is 8.99. The van der Waals surface area contributed by atoms with Crippen LogP contribution in [0.4, 0.5) is 24.5 Å². The first-order valence-corrected chi connectivity index (χ1v) is 14.7. The van der Waals surface area contributed by atoms with Gasteiger partial charge in [-0.25, -0.2) is 0 Å². The Balaban J connectivity index is 0.970. The molecule has 38 heavy (non-hydrogen) atoms. The molecule has 5 rings (SSSR count). The summed E-state index contributed by atoms with van der Waals surface area (Å²) in [4.78, 5) is 7.39. The number of benzene rings is 2. The van der Waals surface area contributed by atoms with Crippen molar-refractivity contribution in [2.24, 2.45) is 11.8 Å². The van der Waals surface area contributed by atoms with Gasteiger partial charge in [0.1, 0.15) is 6.23 Å². The average Bonchev–Trinajstić information content (AvgIpc) is 3.44. The summed E-state index contributed by atoms with van der Waals surface area (Å²) < 4.78 is 37.5. The van der Waals surface area contributed by atoms with Crippen LogP contribution >= 0.6 is 23.4 Å². The van der Waals surface area contributed by atoms with Gasteiger partial charge in [-0.05, 0) is 104 Å². The van der Waals surface area contributed by atoms with Gasteiger partial charge in [0.05, 0.1) is 0 Å². The number of likely N-dealkylation sites (tertiary alicyclic amines) is 2. The maximum Gasteiger partial charge on any atom is 0.446 e. The highest BCUT2D eigenvalue weighted by Gasteiger charge is 2.39. The topological polar surface area (TPSA) is 42.0 Å². The molecule has 0 radical (unpaired) electrons. The molecule has 2 aromatic rings. The molecule has 0 bridgehead atoms. The van der Waals surface area contributed by atoms with Gasteiger partial charge in [0.15, 0.2) is 0 Å². The van der Waals surface area contributed by atoms with Gasteiger partial charge in [0, 0.05) is 66.6 Å². The molecule has 3 unspecified atom stereocenters. The lowest BCUT2D eigenvalue weighted by Crippen LogP contribution is -2.44. The first kappa shape index (κ1) is 27.9. The second-order valence-electron chi connectivity index (χ2n) is 10.8. The highest BCUT2D eigenvalue weighted by atomic mass is 35.5. The van der Waals surface area contributed by atoms with Crippen LogP contribution < -0.4 is 10.2 Å². The van der Waals surface area contributed by atoms with Crippen molar-refractivity contribution in [3.8, 4) is 0 Å². The van der Waals surface area contributed by atoms with E-state index < -0.39 is 11.7 Å². The third-order valence-corrected chi connectivity index (χ3v) is 9.09. The highest BCUT2D eigenvalue weighted by Crippen LogP contribution is 2.37. The first-order valence-electron chi connectivity index (χ1n) is 13.5. The molecule has 2 N–H and O–H groups in total. The van der Waals surface area contributed by atoms with E-state index in [4.69, 9.17) is 11.6 Å². The fourth-order valence-corrected chi connectivity index (χ4v) is 6.81. The van der Waals surface area contributed by atoms with Gasteiger partial charge in [-0.15, -0.1) is 0 Å². The summed E-state index contributed by atoms with van der Waals surface area (Å²) in [5.41, 5.74) is -2.17. The standard InChI is InChI=1S/C28H36ClF3N4OS/c29-22-3-7-25(8-4-22)36-18-20-16-34(17-21(20)19-36)13-1-2-27(37)35-14-11-24(12-15-35)33-23-5-9-26(10-6-23)38-28(30,31)32/h3-10,20-21,24,27,33,37H,1-2,11-19H2. The molecule has 0 aliphatic carbocycles. The number of hydrogen-bond donors (Lipinski definition) is 2. The minimum Gasteiger partial charge on any atom is -0.382 e. The van der Waals surface area contributed by atoms with Gasteiger partial charge >= 0.3 is 5.51 Å². The van der Waals surface area contributed by atoms with Crippen LogP contribution in [0, 0.1) is 11.8 Å². The number of nitrogens with zero attached hydrogens (tertiary/aromatic N) is 3. The normalized spacial score (nSPS) is 24.1. The van der Waals surface area contributed by atoms with E-state index in [1.54, 1.807) is 12.1 Å². The van der Waals surface area contributed by atoms with Gasteiger partial charge in [-0.1, -0.05) is 11.6 Å². The van der Waals surface area contributed by atoms with Gasteiger partial charge in [0.2, 0.25) is 0 Å². The maximum absolute atomic E-state index is 12.5. The van der Waals surface area contributed by atoms with Crippen LogP contribution in [-0.4, -0.2) is 78.5 Å². The Labute approximate surface area is 232 Å². The molecule has 3 aliphatic heterocycles. The van der Waals surface area contributed by atoms with Crippen LogP contribution in [0.25, 0.3) is 0 Å². The van der Waals surface area contributed by atoms with Gasteiger partial charge in [-0.2, -0.15) is 13.2 Å². The summed E-state index contributed by atoms with van der Waals surface area (Å²) in [6.07, 6.45) is 3.14. The van der Waals surface area contributed by atoms with E-state index in [-0.39, 0.29) is 22.7 Å². The number of alkyl halides is 3. The lowest BCUT2D eigenvalue weighted by molar-refractivity contribution is -0.0328. The van der Waals surface area contributed by atoms with Gasteiger partial charge in [-0.3, -0.25) is 4.90 Å². The summed E-state index contributed by atoms with van der Waals surface area (Å²) in [7, 11) is 0.